The molecule has 1 N–H and O–H groups in total. The van der Waals surface area contributed by atoms with Gasteiger partial charge in [0.05, 0.1) is 11.9 Å². The molecule has 2 aromatic heterocycles. The van der Waals surface area contributed by atoms with Gasteiger partial charge in [-0.05, 0) is 19.1 Å². The van der Waals surface area contributed by atoms with Gasteiger partial charge in [-0.25, -0.2) is 0 Å². The minimum Gasteiger partial charge on any atom is -0.350 e. The lowest BCUT2D eigenvalue weighted by Crippen LogP contribution is -2.10. The Morgan fingerprint density at radius 2 is 2.00 bits per heavy atom. The number of carbonyl (C=O) groups is 1. The number of hydrogen-bond donors (Lipinski definition) is 1. The number of nitrogens with one attached hydrogen (secondary N) is 1. The summed E-state index contributed by atoms with van der Waals surface area (Å²) in [7, 11) is 0. The smallest absolute Gasteiger partial charge is 0.294 e. The number of amides is 1. The normalized spacial score (nSPS) is 10.3. The van der Waals surface area contributed by atoms with E-state index in [1.54, 1.807) is 30.6 Å². The van der Waals surface area contributed by atoms with Crippen molar-refractivity contribution < 1.29 is 9.32 Å². The Bertz CT molecular complexity index is 749. The van der Waals surface area contributed by atoms with E-state index < -0.39 is 0 Å². The van der Waals surface area contributed by atoms with Crippen LogP contribution in [0.5, 0.6) is 0 Å². The number of aryl methyl sites for hydroxylation is 1. The molecule has 0 radical (unpaired) electrons. The molecule has 0 bridgehead atoms. The van der Waals surface area contributed by atoms with Crippen molar-refractivity contribution in [2.75, 3.05) is 5.32 Å². The summed E-state index contributed by atoms with van der Waals surface area (Å²) in [4.78, 5) is 16.0. The molecule has 104 valence electrons. The SMILES string of the molecule is Cc1ccc(-c2cc(C(=O)Nc3cccnc3)on2)cc1. The fourth-order valence-electron chi connectivity index (χ4n) is 1.87. The Kier molecular flexibility index (Phi) is 3.47. The molecule has 0 aliphatic carbocycles. The van der Waals surface area contributed by atoms with Gasteiger partial charge in [0.25, 0.3) is 5.91 Å². The van der Waals surface area contributed by atoms with Crippen LogP contribution in [0.2, 0.25) is 0 Å². The summed E-state index contributed by atoms with van der Waals surface area (Å²) in [5.41, 5.74) is 3.31. The van der Waals surface area contributed by atoms with E-state index in [-0.39, 0.29) is 11.7 Å². The van der Waals surface area contributed by atoms with E-state index in [9.17, 15) is 4.79 Å². The van der Waals surface area contributed by atoms with Gasteiger partial charge in [-0.3, -0.25) is 9.78 Å². The summed E-state index contributed by atoms with van der Waals surface area (Å²) in [6.45, 7) is 2.01. The molecular formula is C16H13N3O2. The standard InChI is InChI=1S/C16H13N3O2/c1-11-4-6-12(7-5-11)14-9-15(21-19-14)16(20)18-13-3-2-8-17-10-13/h2-10H,1H3,(H,18,20). The first-order chi connectivity index (χ1) is 10.2. The van der Waals surface area contributed by atoms with Gasteiger partial charge in [0.1, 0.15) is 5.69 Å². The van der Waals surface area contributed by atoms with Gasteiger partial charge in [0.2, 0.25) is 5.76 Å². The quantitative estimate of drug-likeness (QED) is 0.798. The average molecular weight is 279 g/mol. The largest absolute Gasteiger partial charge is 0.350 e. The van der Waals surface area contributed by atoms with Crippen molar-refractivity contribution in [3.63, 3.8) is 0 Å². The van der Waals surface area contributed by atoms with Crippen LogP contribution in [-0.2, 0) is 0 Å². The molecule has 3 rings (SSSR count). The Labute approximate surface area is 121 Å². The van der Waals surface area contributed by atoms with Gasteiger partial charge in [-0.2, -0.15) is 0 Å². The summed E-state index contributed by atoms with van der Waals surface area (Å²) in [5, 5.41) is 6.62. The molecule has 0 fully saturated rings. The molecule has 3 aromatic rings. The number of nitrogens with zero attached hydrogens (tertiary/aromatic N) is 2. The van der Waals surface area contributed by atoms with Crippen LogP contribution in [0.1, 0.15) is 16.1 Å². The van der Waals surface area contributed by atoms with Crippen LogP contribution in [0.4, 0.5) is 5.69 Å². The predicted molar refractivity (Wildman–Crippen MR) is 78.9 cm³/mol. The van der Waals surface area contributed by atoms with E-state index in [4.69, 9.17) is 4.52 Å². The van der Waals surface area contributed by atoms with Crippen LogP contribution in [-0.4, -0.2) is 16.0 Å². The molecule has 0 saturated carbocycles. The van der Waals surface area contributed by atoms with Crippen molar-refractivity contribution in [2.45, 2.75) is 6.92 Å². The maximum Gasteiger partial charge on any atom is 0.294 e. The lowest BCUT2D eigenvalue weighted by molar-refractivity contribution is 0.0988. The van der Waals surface area contributed by atoms with E-state index in [2.05, 4.69) is 15.5 Å². The second kappa shape index (κ2) is 5.58. The third-order valence-electron chi connectivity index (χ3n) is 3.00. The van der Waals surface area contributed by atoms with Crippen molar-refractivity contribution in [3.8, 4) is 11.3 Å². The molecule has 0 unspecified atom stereocenters. The third-order valence-corrected chi connectivity index (χ3v) is 3.00. The van der Waals surface area contributed by atoms with Crippen molar-refractivity contribution in [1.82, 2.24) is 10.1 Å². The average Bonchev–Trinajstić information content (AvgIpc) is 2.99. The number of pyridine rings is 1. The molecule has 0 spiro atoms. The Morgan fingerprint density at radius 3 is 2.71 bits per heavy atom. The lowest BCUT2D eigenvalue weighted by Gasteiger charge is -2.00. The van der Waals surface area contributed by atoms with E-state index in [0.717, 1.165) is 11.1 Å². The van der Waals surface area contributed by atoms with Crippen LogP contribution in [0, 0.1) is 6.92 Å². The maximum atomic E-state index is 12.0. The second-order valence-corrected chi connectivity index (χ2v) is 4.64. The Hall–Kier alpha value is -2.95. The molecule has 21 heavy (non-hydrogen) atoms. The zero-order valence-electron chi connectivity index (χ0n) is 11.4. The number of benzene rings is 1. The molecule has 0 aliphatic rings. The van der Waals surface area contributed by atoms with Crippen molar-refractivity contribution >= 4 is 11.6 Å². The zero-order chi connectivity index (χ0) is 14.7. The molecule has 0 atom stereocenters. The number of hydrogen-bond acceptors (Lipinski definition) is 4. The first-order valence-electron chi connectivity index (χ1n) is 6.47. The number of anilines is 1. The van der Waals surface area contributed by atoms with Crippen molar-refractivity contribution in [1.29, 1.82) is 0 Å². The van der Waals surface area contributed by atoms with Gasteiger partial charge in [0, 0.05) is 17.8 Å². The summed E-state index contributed by atoms with van der Waals surface area (Å²) in [6.07, 6.45) is 3.20. The van der Waals surface area contributed by atoms with Crippen molar-refractivity contribution in [2.24, 2.45) is 0 Å². The summed E-state index contributed by atoms with van der Waals surface area (Å²) in [6, 6.07) is 13.0. The van der Waals surface area contributed by atoms with Gasteiger partial charge in [0.15, 0.2) is 0 Å². The molecule has 0 aliphatic heterocycles. The summed E-state index contributed by atoms with van der Waals surface area (Å²) >= 11 is 0. The highest BCUT2D eigenvalue weighted by atomic mass is 16.5. The molecule has 1 amide bonds. The van der Waals surface area contributed by atoms with Gasteiger partial charge in [-0.15, -0.1) is 0 Å². The van der Waals surface area contributed by atoms with Crippen LogP contribution in [0.3, 0.4) is 0 Å². The highest BCUT2D eigenvalue weighted by Gasteiger charge is 2.14. The van der Waals surface area contributed by atoms with Crippen LogP contribution in [0.25, 0.3) is 11.3 Å². The van der Waals surface area contributed by atoms with E-state index >= 15 is 0 Å². The number of aromatic nitrogens is 2. The summed E-state index contributed by atoms with van der Waals surface area (Å²) < 4.78 is 5.10. The van der Waals surface area contributed by atoms with Gasteiger partial charge < -0.3 is 9.84 Å². The molecule has 5 nitrogen and oxygen atoms in total. The Balaban J connectivity index is 1.78. The van der Waals surface area contributed by atoms with Crippen LogP contribution >= 0.6 is 0 Å². The van der Waals surface area contributed by atoms with Crippen molar-refractivity contribution in [3.05, 3.63) is 66.2 Å². The molecule has 5 heteroatoms. The number of carbonyl (C=O) groups excluding carboxylic acids is 1. The highest BCUT2D eigenvalue weighted by Crippen LogP contribution is 2.20. The Morgan fingerprint density at radius 1 is 1.19 bits per heavy atom. The third kappa shape index (κ3) is 2.97. The molecule has 1 aromatic carbocycles. The monoisotopic (exact) mass is 279 g/mol. The fourth-order valence-corrected chi connectivity index (χ4v) is 1.87. The van der Waals surface area contributed by atoms with Gasteiger partial charge >= 0.3 is 0 Å². The fraction of sp³-hybridized carbons (Fsp3) is 0.0625. The molecule has 0 saturated heterocycles. The minimum atomic E-state index is -0.353. The molecule has 2 heterocycles. The van der Waals surface area contributed by atoms with E-state index in [1.807, 2.05) is 31.2 Å². The second-order valence-electron chi connectivity index (χ2n) is 4.64. The summed E-state index contributed by atoms with van der Waals surface area (Å²) in [5.74, 6) is -0.191. The van der Waals surface area contributed by atoms with Crippen LogP contribution < -0.4 is 5.32 Å². The first-order valence-corrected chi connectivity index (χ1v) is 6.47. The van der Waals surface area contributed by atoms with Crippen LogP contribution in [0.15, 0.2) is 59.4 Å². The molecular weight excluding hydrogens is 266 g/mol. The van der Waals surface area contributed by atoms with Gasteiger partial charge in [-0.1, -0.05) is 35.0 Å². The van der Waals surface area contributed by atoms with E-state index in [0.29, 0.717) is 11.4 Å². The first kappa shape index (κ1) is 13.1. The maximum absolute atomic E-state index is 12.0. The lowest BCUT2D eigenvalue weighted by atomic mass is 10.1. The van der Waals surface area contributed by atoms with E-state index in [1.165, 1.54) is 0 Å². The predicted octanol–water partition coefficient (Wildman–Crippen LogP) is 3.30. The number of rotatable bonds is 3. The highest BCUT2D eigenvalue weighted by molar-refractivity contribution is 6.02. The minimum absolute atomic E-state index is 0.162. The topological polar surface area (TPSA) is 68.0 Å². The zero-order valence-corrected chi connectivity index (χ0v) is 11.4.